The topological polar surface area (TPSA) is 72.8 Å². The molecule has 1 N–H and O–H groups in total. The summed E-state index contributed by atoms with van der Waals surface area (Å²) < 4.78 is 10.6. The third kappa shape index (κ3) is 46.4. The Balaban J connectivity index is 3.46. The lowest BCUT2D eigenvalue weighted by Gasteiger charge is -2.15. The minimum Gasteiger partial charge on any atom is -0.462 e. The van der Waals surface area contributed by atoms with Gasteiger partial charge in [0.1, 0.15) is 6.61 Å². The van der Waals surface area contributed by atoms with E-state index in [1.54, 1.807) is 0 Å². The molecule has 0 bridgehead atoms. The van der Waals surface area contributed by atoms with Crippen LogP contribution in [-0.2, 0) is 19.1 Å². The molecule has 0 aliphatic rings. The molecule has 0 aromatic rings. The van der Waals surface area contributed by atoms with E-state index in [4.69, 9.17) is 9.47 Å². The van der Waals surface area contributed by atoms with Gasteiger partial charge >= 0.3 is 11.9 Å². The van der Waals surface area contributed by atoms with Crippen molar-refractivity contribution in [3.8, 4) is 0 Å². The Bertz CT molecular complexity index is 950. The number of unbranched alkanes of at least 4 members (excludes halogenated alkanes) is 29. The first kappa shape index (κ1) is 54.9. The average Bonchev–Trinajstić information content (AvgIpc) is 3.21. The van der Waals surface area contributed by atoms with Crippen LogP contribution in [0.25, 0.3) is 0 Å². The van der Waals surface area contributed by atoms with Crippen molar-refractivity contribution in [2.75, 3.05) is 13.2 Å². The minimum atomic E-state index is -0.792. The first-order valence-electron chi connectivity index (χ1n) is 24.7. The number of aliphatic hydroxyl groups is 1. The van der Waals surface area contributed by atoms with Crippen LogP contribution in [-0.4, -0.2) is 36.4 Å². The van der Waals surface area contributed by atoms with Gasteiger partial charge in [-0.2, -0.15) is 0 Å². The maximum atomic E-state index is 12.2. The van der Waals surface area contributed by atoms with Crippen LogP contribution in [0.4, 0.5) is 0 Å². The Morgan fingerprint density at radius 2 is 0.754 bits per heavy atom. The van der Waals surface area contributed by atoms with Gasteiger partial charge in [0.2, 0.25) is 0 Å². The molecule has 0 aliphatic heterocycles. The van der Waals surface area contributed by atoms with Gasteiger partial charge in [-0.1, -0.05) is 236 Å². The monoisotopic (exact) mass is 799 g/mol. The molecule has 0 fully saturated rings. The van der Waals surface area contributed by atoms with Gasteiger partial charge < -0.3 is 14.6 Å². The molecule has 0 rings (SSSR count). The first-order valence-corrected chi connectivity index (χ1v) is 24.7. The van der Waals surface area contributed by atoms with Crippen molar-refractivity contribution in [2.45, 2.75) is 258 Å². The summed E-state index contributed by atoms with van der Waals surface area (Å²) in [7, 11) is 0. The summed E-state index contributed by atoms with van der Waals surface area (Å²) in [4.78, 5) is 24.4. The fourth-order valence-electron chi connectivity index (χ4n) is 7.19. The number of carbonyl (C=O) groups excluding carboxylic acids is 2. The van der Waals surface area contributed by atoms with Crippen LogP contribution in [0.2, 0.25) is 0 Å². The van der Waals surface area contributed by atoms with Crippen LogP contribution in [0.1, 0.15) is 251 Å². The van der Waals surface area contributed by atoms with E-state index in [1.165, 1.54) is 161 Å². The zero-order chi connectivity index (χ0) is 41.4. The molecule has 1 unspecified atom stereocenters. The Labute approximate surface area is 354 Å². The van der Waals surface area contributed by atoms with E-state index in [9.17, 15) is 14.7 Å². The molecule has 1 atom stereocenters. The normalized spacial score (nSPS) is 12.5. The van der Waals surface area contributed by atoms with Gasteiger partial charge in [-0.25, -0.2) is 0 Å². The fraction of sp³-hybridized carbons (Fsp3) is 0.808. The summed E-state index contributed by atoms with van der Waals surface area (Å²) in [5.41, 5.74) is 0. The number of aliphatic hydroxyl groups excluding tert-OH is 1. The second-order valence-electron chi connectivity index (χ2n) is 16.5. The lowest BCUT2D eigenvalue weighted by molar-refractivity contribution is -0.161. The molecule has 0 amide bonds. The van der Waals surface area contributed by atoms with Gasteiger partial charge in [0.25, 0.3) is 0 Å². The quantitative estimate of drug-likeness (QED) is 0.0377. The van der Waals surface area contributed by atoms with Crippen LogP contribution in [0.15, 0.2) is 48.6 Å². The van der Waals surface area contributed by atoms with E-state index < -0.39 is 6.10 Å². The van der Waals surface area contributed by atoms with Crippen molar-refractivity contribution in [2.24, 2.45) is 0 Å². The van der Waals surface area contributed by atoms with E-state index in [0.29, 0.717) is 12.8 Å². The Morgan fingerprint density at radius 3 is 1.14 bits per heavy atom. The van der Waals surface area contributed by atoms with Gasteiger partial charge in [0.05, 0.1) is 6.61 Å². The highest BCUT2D eigenvalue weighted by molar-refractivity contribution is 5.70. The fourth-order valence-corrected chi connectivity index (χ4v) is 7.19. The third-order valence-electron chi connectivity index (χ3n) is 10.9. The maximum Gasteiger partial charge on any atom is 0.306 e. The molecule has 0 radical (unpaired) electrons. The molecular weight excluding hydrogens is 705 g/mol. The highest BCUT2D eigenvalue weighted by atomic mass is 16.6. The summed E-state index contributed by atoms with van der Waals surface area (Å²) in [6, 6.07) is 0. The third-order valence-corrected chi connectivity index (χ3v) is 10.9. The molecule has 0 aliphatic carbocycles. The van der Waals surface area contributed by atoms with Crippen molar-refractivity contribution in [3.63, 3.8) is 0 Å². The van der Waals surface area contributed by atoms with Gasteiger partial charge in [-0.3, -0.25) is 9.59 Å². The van der Waals surface area contributed by atoms with Crippen molar-refractivity contribution in [1.29, 1.82) is 0 Å². The van der Waals surface area contributed by atoms with E-state index >= 15 is 0 Å². The van der Waals surface area contributed by atoms with E-state index in [0.717, 1.165) is 64.2 Å². The van der Waals surface area contributed by atoms with Crippen molar-refractivity contribution in [3.05, 3.63) is 48.6 Å². The average molecular weight is 799 g/mol. The predicted molar refractivity (Wildman–Crippen MR) is 247 cm³/mol. The largest absolute Gasteiger partial charge is 0.462 e. The van der Waals surface area contributed by atoms with Crippen LogP contribution < -0.4 is 0 Å². The smallest absolute Gasteiger partial charge is 0.306 e. The second kappa shape index (κ2) is 48.2. The van der Waals surface area contributed by atoms with Crippen LogP contribution in [0, 0.1) is 0 Å². The highest BCUT2D eigenvalue weighted by Crippen LogP contribution is 2.17. The molecule has 0 spiro atoms. The number of hydrogen-bond acceptors (Lipinski definition) is 5. The molecule has 5 nitrogen and oxygen atoms in total. The Kier molecular flexibility index (Phi) is 46.4. The number of ether oxygens (including phenoxy) is 2. The lowest BCUT2D eigenvalue weighted by Crippen LogP contribution is -2.28. The van der Waals surface area contributed by atoms with Crippen LogP contribution >= 0.6 is 0 Å². The summed E-state index contributed by atoms with van der Waals surface area (Å²) in [6.07, 6.45) is 62.2. The molecule has 332 valence electrons. The molecule has 0 aromatic heterocycles. The SMILES string of the molecule is CC/C=C\C/C=C\C/C=C\C/C=C\CCCCC(=O)OC(CO)COC(=O)CCCCCCCCCCCCCCCCCCCCCCCCCCCCCC. The van der Waals surface area contributed by atoms with Crippen LogP contribution in [0.5, 0.6) is 0 Å². The second-order valence-corrected chi connectivity index (χ2v) is 16.5. The molecule has 57 heavy (non-hydrogen) atoms. The molecule has 0 saturated heterocycles. The lowest BCUT2D eigenvalue weighted by atomic mass is 10.0. The number of rotatable bonds is 45. The van der Waals surface area contributed by atoms with E-state index in [2.05, 4.69) is 62.5 Å². The van der Waals surface area contributed by atoms with Gasteiger partial charge in [0.15, 0.2) is 6.10 Å². The summed E-state index contributed by atoms with van der Waals surface area (Å²) in [5.74, 6) is -0.631. The summed E-state index contributed by atoms with van der Waals surface area (Å²) >= 11 is 0. The van der Waals surface area contributed by atoms with E-state index in [1.807, 2.05) is 0 Å². The van der Waals surface area contributed by atoms with Crippen molar-refractivity contribution < 1.29 is 24.2 Å². The minimum absolute atomic E-state index is 0.0808. The van der Waals surface area contributed by atoms with Crippen molar-refractivity contribution in [1.82, 2.24) is 0 Å². The highest BCUT2D eigenvalue weighted by Gasteiger charge is 2.16. The van der Waals surface area contributed by atoms with Crippen molar-refractivity contribution >= 4 is 11.9 Å². The summed E-state index contributed by atoms with van der Waals surface area (Å²) in [5, 5.41) is 9.59. The number of esters is 2. The van der Waals surface area contributed by atoms with E-state index in [-0.39, 0.29) is 25.2 Å². The zero-order valence-electron chi connectivity index (χ0n) is 37.9. The molecule has 0 saturated carbocycles. The van der Waals surface area contributed by atoms with Gasteiger partial charge in [-0.05, 0) is 51.4 Å². The Morgan fingerprint density at radius 1 is 0.421 bits per heavy atom. The Hall–Kier alpha value is -2.14. The first-order chi connectivity index (χ1) is 28.1. The number of hydrogen-bond donors (Lipinski definition) is 1. The molecular formula is C52H94O5. The molecule has 5 heteroatoms. The predicted octanol–water partition coefficient (Wildman–Crippen LogP) is 16.1. The molecule has 0 aromatic carbocycles. The number of carbonyl (C=O) groups is 2. The maximum absolute atomic E-state index is 12.2. The molecule has 0 heterocycles. The standard InChI is InChI=1S/C52H94O5/c1-3-5-7-9-11-13-15-17-19-20-21-22-23-24-25-26-27-28-29-30-31-33-34-36-38-40-42-44-46-51(54)56-49-50(48-53)57-52(55)47-45-43-41-39-37-35-32-18-16-14-12-10-8-6-4-2/h6,8,12,14,18,32,37,39,50,53H,3-5,7,9-11,13,15-17,19-31,33-36,38,40-49H2,1-2H3/b8-6-,14-12-,32-18-,39-37-. The number of allylic oxidation sites excluding steroid dienone is 8. The zero-order valence-corrected chi connectivity index (χ0v) is 37.9. The van der Waals surface area contributed by atoms with Crippen LogP contribution in [0.3, 0.4) is 0 Å². The summed E-state index contributed by atoms with van der Waals surface area (Å²) in [6.45, 7) is 4.01. The van der Waals surface area contributed by atoms with Gasteiger partial charge in [0, 0.05) is 12.8 Å². The van der Waals surface area contributed by atoms with Gasteiger partial charge in [-0.15, -0.1) is 0 Å².